The van der Waals surface area contributed by atoms with Gasteiger partial charge in [0.25, 0.3) is 5.69 Å². The van der Waals surface area contributed by atoms with Gasteiger partial charge in [-0.25, -0.2) is 0 Å². The average molecular weight is 392 g/mol. The number of hydrogen-bond donors (Lipinski definition) is 0. The highest BCUT2D eigenvalue weighted by molar-refractivity contribution is 9.10. The first-order valence-corrected chi connectivity index (χ1v) is 8.36. The van der Waals surface area contributed by atoms with Crippen LogP contribution in [-0.4, -0.2) is 15.1 Å². The highest BCUT2D eigenvalue weighted by Crippen LogP contribution is 2.30. The van der Waals surface area contributed by atoms with E-state index in [4.69, 9.17) is 4.42 Å². The van der Waals surface area contributed by atoms with E-state index in [1.807, 2.05) is 24.3 Å². The standard InChI is InChI=1S/C15H10BrN3O3S/c16-12-3-1-2-4-13(12)23-9-14-17-18-15(22-14)10-5-7-11(8-6-10)19(20)21/h1-8H,9H2. The normalized spacial score (nSPS) is 10.7. The molecule has 3 rings (SSSR count). The Balaban J connectivity index is 1.70. The molecule has 0 fully saturated rings. The van der Waals surface area contributed by atoms with E-state index < -0.39 is 4.92 Å². The molecule has 6 nitrogen and oxygen atoms in total. The van der Waals surface area contributed by atoms with Gasteiger partial charge in [-0.1, -0.05) is 12.1 Å². The van der Waals surface area contributed by atoms with Crippen molar-refractivity contribution in [2.24, 2.45) is 0 Å². The van der Waals surface area contributed by atoms with Crippen molar-refractivity contribution >= 4 is 33.4 Å². The molecule has 2 aromatic carbocycles. The summed E-state index contributed by atoms with van der Waals surface area (Å²) < 4.78 is 6.62. The smallest absolute Gasteiger partial charge is 0.269 e. The van der Waals surface area contributed by atoms with Crippen molar-refractivity contribution in [3.05, 3.63) is 69.0 Å². The molecule has 0 aliphatic carbocycles. The van der Waals surface area contributed by atoms with Crippen molar-refractivity contribution in [3.8, 4) is 11.5 Å². The largest absolute Gasteiger partial charge is 0.420 e. The van der Waals surface area contributed by atoms with Gasteiger partial charge in [-0.3, -0.25) is 10.1 Å². The van der Waals surface area contributed by atoms with E-state index in [1.165, 1.54) is 12.1 Å². The van der Waals surface area contributed by atoms with Crippen molar-refractivity contribution in [2.45, 2.75) is 10.6 Å². The molecule has 0 saturated heterocycles. The van der Waals surface area contributed by atoms with Crippen molar-refractivity contribution < 1.29 is 9.34 Å². The van der Waals surface area contributed by atoms with Gasteiger partial charge in [0.05, 0.1) is 10.7 Å². The van der Waals surface area contributed by atoms with Crippen LogP contribution in [0.15, 0.2) is 62.3 Å². The van der Waals surface area contributed by atoms with E-state index in [0.717, 1.165) is 9.37 Å². The van der Waals surface area contributed by atoms with Crippen LogP contribution in [0.4, 0.5) is 5.69 Å². The molecule has 0 amide bonds. The van der Waals surface area contributed by atoms with Crippen LogP contribution in [-0.2, 0) is 5.75 Å². The lowest BCUT2D eigenvalue weighted by atomic mass is 10.2. The summed E-state index contributed by atoms with van der Waals surface area (Å²) in [6, 6.07) is 13.9. The molecule has 1 aromatic heterocycles. The third-order valence-electron chi connectivity index (χ3n) is 2.98. The van der Waals surface area contributed by atoms with Crippen LogP contribution < -0.4 is 0 Å². The molecule has 0 aliphatic rings. The first kappa shape index (κ1) is 15.7. The minimum atomic E-state index is -0.447. The Kier molecular flexibility index (Phi) is 4.73. The maximum atomic E-state index is 10.6. The summed E-state index contributed by atoms with van der Waals surface area (Å²) in [6.45, 7) is 0. The summed E-state index contributed by atoms with van der Waals surface area (Å²) >= 11 is 5.07. The van der Waals surface area contributed by atoms with E-state index in [1.54, 1.807) is 23.9 Å². The van der Waals surface area contributed by atoms with Gasteiger partial charge in [0.15, 0.2) is 0 Å². The Bertz CT molecular complexity index is 836. The van der Waals surface area contributed by atoms with Crippen LogP contribution in [0.1, 0.15) is 5.89 Å². The number of nitro groups is 1. The topological polar surface area (TPSA) is 82.1 Å². The summed E-state index contributed by atoms with van der Waals surface area (Å²) in [4.78, 5) is 11.3. The molecule has 23 heavy (non-hydrogen) atoms. The second-order valence-electron chi connectivity index (χ2n) is 4.52. The summed E-state index contributed by atoms with van der Waals surface area (Å²) in [5.74, 6) is 1.39. The van der Waals surface area contributed by atoms with E-state index in [-0.39, 0.29) is 5.69 Å². The molecule has 0 unspecified atom stereocenters. The van der Waals surface area contributed by atoms with Gasteiger partial charge >= 0.3 is 0 Å². The maximum absolute atomic E-state index is 10.6. The number of nitro benzene ring substituents is 1. The molecule has 1 heterocycles. The molecule has 0 radical (unpaired) electrons. The molecule has 0 bridgehead atoms. The number of rotatable bonds is 5. The lowest BCUT2D eigenvalue weighted by Gasteiger charge is -2.00. The van der Waals surface area contributed by atoms with Gasteiger partial charge in [-0.15, -0.1) is 22.0 Å². The van der Waals surface area contributed by atoms with Crippen LogP contribution in [0.3, 0.4) is 0 Å². The van der Waals surface area contributed by atoms with Crippen LogP contribution in [0.5, 0.6) is 0 Å². The molecule has 0 spiro atoms. The summed E-state index contributed by atoms with van der Waals surface area (Å²) in [5, 5.41) is 18.6. The predicted molar refractivity (Wildman–Crippen MR) is 90.1 cm³/mol. The third kappa shape index (κ3) is 3.77. The van der Waals surface area contributed by atoms with E-state index in [2.05, 4.69) is 26.1 Å². The second kappa shape index (κ2) is 6.93. The minimum Gasteiger partial charge on any atom is -0.420 e. The number of non-ortho nitro benzene ring substituents is 1. The zero-order chi connectivity index (χ0) is 16.2. The fourth-order valence-electron chi connectivity index (χ4n) is 1.86. The van der Waals surface area contributed by atoms with E-state index in [0.29, 0.717) is 23.1 Å². The monoisotopic (exact) mass is 391 g/mol. The molecule has 8 heteroatoms. The van der Waals surface area contributed by atoms with Gasteiger partial charge in [-0.05, 0) is 40.2 Å². The van der Waals surface area contributed by atoms with Gasteiger partial charge in [-0.2, -0.15) is 0 Å². The fourth-order valence-corrected chi connectivity index (χ4v) is 3.26. The van der Waals surface area contributed by atoms with Gasteiger partial charge in [0, 0.05) is 27.1 Å². The van der Waals surface area contributed by atoms with Gasteiger partial charge < -0.3 is 4.42 Å². The van der Waals surface area contributed by atoms with E-state index in [9.17, 15) is 10.1 Å². The summed E-state index contributed by atoms with van der Waals surface area (Å²) in [7, 11) is 0. The second-order valence-corrected chi connectivity index (χ2v) is 6.40. The molecule has 0 atom stereocenters. The van der Waals surface area contributed by atoms with Crippen molar-refractivity contribution in [1.82, 2.24) is 10.2 Å². The zero-order valence-electron chi connectivity index (χ0n) is 11.7. The van der Waals surface area contributed by atoms with Crippen LogP contribution >= 0.6 is 27.7 Å². The van der Waals surface area contributed by atoms with Crippen molar-refractivity contribution in [1.29, 1.82) is 0 Å². The number of thioether (sulfide) groups is 1. The Morgan fingerprint density at radius 2 is 1.87 bits per heavy atom. The van der Waals surface area contributed by atoms with Crippen molar-refractivity contribution in [3.63, 3.8) is 0 Å². The van der Waals surface area contributed by atoms with Gasteiger partial charge in [0.2, 0.25) is 11.8 Å². The molecule has 0 N–H and O–H groups in total. The molecule has 0 saturated carbocycles. The minimum absolute atomic E-state index is 0.0259. The Morgan fingerprint density at radius 3 is 2.57 bits per heavy atom. The first-order chi connectivity index (χ1) is 11.1. The summed E-state index contributed by atoms with van der Waals surface area (Å²) in [6.07, 6.45) is 0. The van der Waals surface area contributed by atoms with Crippen molar-refractivity contribution in [2.75, 3.05) is 0 Å². The number of nitrogens with zero attached hydrogens (tertiary/aromatic N) is 3. The summed E-state index contributed by atoms with van der Waals surface area (Å²) in [5.41, 5.74) is 0.679. The Hall–Kier alpha value is -2.19. The first-order valence-electron chi connectivity index (χ1n) is 6.58. The highest BCUT2D eigenvalue weighted by atomic mass is 79.9. The predicted octanol–water partition coefficient (Wildman–Crippen LogP) is 4.70. The SMILES string of the molecule is O=[N+]([O-])c1ccc(-c2nnc(CSc3ccccc3Br)o2)cc1. The molecule has 3 aromatic rings. The quantitative estimate of drug-likeness (QED) is 0.356. The number of hydrogen-bond acceptors (Lipinski definition) is 6. The third-order valence-corrected chi connectivity index (χ3v) is 4.99. The number of halogens is 1. The molecule has 0 aliphatic heterocycles. The van der Waals surface area contributed by atoms with Crippen LogP contribution in [0.2, 0.25) is 0 Å². The van der Waals surface area contributed by atoms with Crippen LogP contribution in [0.25, 0.3) is 11.5 Å². The zero-order valence-corrected chi connectivity index (χ0v) is 14.1. The maximum Gasteiger partial charge on any atom is 0.269 e. The molecular formula is C15H10BrN3O3S. The average Bonchev–Trinajstić information content (AvgIpc) is 3.03. The highest BCUT2D eigenvalue weighted by Gasteiger charge is 2.11. The number of aromatic nitrogens is 2. The fraction of sp³-hybridized carbons (Fsp3) is 0.0667. The molecular weight excluding hydrogens is 382 g/mol. The lowest BCUT2D eigenvalue weighted by molar-refractivity contribution is -0.384. The van der Waals surface area contributed by atoms with Crippen LogP contribution in [0, 0.1) is 10.1 Å². The Labute approximate surface area is 144 Å². The lowest BCUT2D eigenvalue weighted by Crippen LogP contribution is -1.87. The number of benzene rings is 2. The van der Waals surface area contributed by atoms with E-state index >= 15 is 0 Å². The van der Waals surface area contributed by atoms with Gasteiger partial charge in [0.1, 0.15) is 0 Å². The molecule has 116 valence electrons. The Morgan fingerprint density at radius 1 is 1.13 bits per heavy atom.